The number of nitrogens with one attached hydrogen (secondary N) is 2. The van der Waals surface area contributed by atoms with Crippen molar-refractivity contribution < 1.29 is 23.5 Å². The van der Waals surface area contributed by atoms with Gasteiger partial charge in [-0.05, 0) is 29.3 Å². The van der Waals surface area contributed by atoms with E-state index in [1.54, 1.807) is 30.3 Å². The van der Waals surface area contributed by atoms with E-state index in [4.69, 9.17) is 16.3 Å². The minimum atomic E-state index is -1.06. The molecule has 2 aromatic carbocycles. The van der Waals surface area contributed by atoms with Gasteiger partial charge in [-0.2, -0.15) is 0 Å². The monoisotopic (exact) mass is 420 g/mol. The molecule has 0 fully saturated rings. The van der Waals surface area contributed by atoms with Gasteiger partial charge < -0.3 is 15.4 Å². The second kappa shape index (κ2) is 10.6. The number of carbonyl (C=O) groups excluding carboxylic acids is 3. The van der Waals surface area contributed by atoms with Crippen molar-refractivity contribution in [2.75, 3.05) is 7.11 Å². The minimum absolute atomic E-state index is 0.0663. The summed E-state index contributed by atoms with van der Waals surface area (Å²) in [6.45, 7) is 1.26. The Bertz CT molecular complexity index is 890. The van der Waals surface area contributed by atoms with Gasteiger partial charge in [0.15, 0.2) is 0 Å². The van der Waals surface area contributed by atoms with Crippen molar-refractivity contribution in [1.82, 2.24) is 10.6 Å². The van der Waals surface area contributed by atoms with Crippen molar-refractivity contribution in [3.05, 3.63) is 70.5 Å². The first kappa shape index (κ1) is 22.4. The maximum Gasteiger partial charge on any atom is 0.328 e. The first-order chi connectivity index (χ1) is 13.8. The number of ether oxygens (including phenoxy) is 1. The first-order valence-corrected chi connectivity index (χ1v) is 9.31. The number of benzene rings is 2. The van der Waals surface area contributed by atoms with E-state index in [-0.39, 0.29) is 18.4 Å². The number of hydrogen-bond donors (Lipinski definition) is 2. The van der Waals surface area contributed by atoms with Gasteiger partial charge >= 0.3 is 5.97 Å². The zero-order chi connectivity index (χ0) is 21.4. The number of carbonyl (C=O) groups is 3. The third-order valence-electron chi connectivity index (χ3n) is 4.21. The third kappa shape index (κ3) is 6.87. The fourth-order valence-electron chi connectivity index (χ4n) is 2.85. The lowest BCUT2D eigenvalue weighted by Gasteiger charge is -2.22. The summed E-state index contributed by atoms with van der Waals surface area (Å²) in [5.74, 6) is -2.21. The highest BCUT2D eigenvalue weighted by molar-refractivity contribution is 6.30. The van der Waals surface area contributed by atoms with Gasteiger partial charge in [-0.15, -0.1) is 0 Å². The maximum absolute atomic E-state index is 14.0. The second-order valence-corrected chi connectivity index (χ2v) is 6.90. The van der Waals surface area contributed by atoms with Crippen molar-refractivity contribution in [1.29, 1.82) is 0 Å². The summed E-state index contributed by atoms with van der Waals surface area (Å²) in [7, 11) is 1.21. The smallest absolute Gasteiger partial charge is 0.328 e. The molecule has 0 saturated heterocycles. The normalized spacial score (nSPS) is 12.6. The number of rotatable bonds is 8. The fraction of sp³-hybridized carbons (Fsp3) is 0.286. The van der Waals surface area contributed by atoms with E-state index in [1.807, 2.05) is 0 Å². The maximum atomic E-state index is 14.0. The molecule has 2 amide bonds. The van der Waals surface area contributed by atoms with E-state index in [1.165, 1.54) is 32.2 Å². The SMILES string of the molecule is COC(=O)[C@@H](Cc1cccc(Cl)c1)NC(=O)[C@@H](Cc1ccccc1F)NC(C)=O. The van der Waals surface area contributed by atoms with E-state index in [0.29, 0.717) is 5.02 Å². The molecule has 2 N–H and O–H groups in total. The lowest BCUT2D eigenvalue weighted by molar-refractivity contribution is -0.145. The van der Waals surface area contributed by atoms with Crippen molar-refractivity contribution in [3.63, 3.8) is 0 Å². The molecule has 0 aliphatic rings. The molecule has 154 valence electrons. The van der Waals surface area contributed by atoms with Crippen LogP contribution in [0.4, 0.5) is 4.39 Å². The van der Waals surface area contributed by atoms with Gasteiger partial charge in [-0.1, -0.05) is 41.9 Å². The summed E-state index contributed by atoms with van der Waals surface area (Å²) in [5, 5.41) is 5.58. The largest absolute Gasteiger partial charge is 0.467 e. The molecule has 0 spiro atoms. The molecule has 0 aromatic heterocycles. The van der Waals surface area contributed by atoms with Gasteiger partial charge in [0.1, 0.15) is 17.9 Å². The van der Waals surface area contributed by atoms with E-state index < -0.39 is 35.7 Å². The van der Waals surface area contributed by atoms with Gasteiger partial charge in [0.05, 0.1) is 7.11 Å². The molecular formula is C21H22ClFN2O4. The van der Waals surface area contributed by atoms with Crippen molar-refractivity contribution in [2.45, 2.75) is 31.8 Å². The Morgan fingerprint density at radius 3 is 2.38 bits per heavy atom. The van der Waals surface area contributed by atoms with Gasteiger partial charge in [0.2, 0.25) is 11.8 Å². The zero-order valence-electron chi connectivity index (χ0n) is 16.1. The van der Waals surface area contributed by atoms with Crippen LogP contribution in [0.1, 0.15) is 18.1 Å². The predicted octanol–water partition coefficient (Wildman–Crippen LogP) is 2.43. The average Bonchev–Trinajstić information content (AvgIpc) is 2.67. The minimum Gasteiger partial charge on any atom is -0.467 e. The molecule has 2 rings (SSSR count). The van der Waals surface area contributed by atoms with Crippen LogP contribution in [0.2, 0.25) is 5.02 Å². The van der Waals surface area contributed by atoms with Crippen molar-refractivity contribution in [2.24, 2.45) is 0 Å². The quantitative estimate of drug-likeness (QED) is 0.642. The Kier molecular flexibility index (Phi) is 8.15. The summed E-state index contributed by atoms with van der Waals surface area (Å²) < 4.78 is 18.8. The van der Waals surface area contributed by atoms with Crippen LogP contribution >= 0.6 is 11.6 Å². The topological polar surface area (TPSA) is 84.5 Å². The summed E-state index contributed by atoms with van der Waals surface area (Å²) in [4.78, 5) is 36.5. The lowest BCUT2D eigenvalue weighted by atomic mass is 10.0. The molecule has 0 bridgehead atoms. The molecular weight excluding hydrogens is 399 g/mol. The summed E-state index contributed by atoms with van der Waals surface area (Å²) in [6, 6.07) is 10.8. The molecule has 29 heavy (non-hydrogen) atoms. The van der Waals surface area contributed by atoms with Gasteiger partial charge in [-0.3, -0.25) is 9.59 Å². The Hall–Kier alpha value is -2.93. The fourth-order valence-corrected chi connectivity index (χ4v) is 3.06. The molecule has 8 heteroatoms. The van der Waals surface area contributed by atoms with Crippen LogP contribution in [-0.2, 0) is 32.0 Å². The molecule has 0 radical (unpaired) electrons. The highest BCUT2D eigenvalue weighted by Gasteiger charge is 2.27. The summed E-state index contributed by atoms with van der Waals surface area (Å²) in [5.41, 5.74) is 0.990. The summed E-state index contributed by atoms with van der Waals surface area (Å²) in [6.07, 6.45) is 0.0780. The number of esters is 1. The average molecular weight is 421 g/mol. The molecule has 0 aliphatic heterocycles. The van der Waals surface area contributed by atoms with Crippen LogP contribution in [0.3, 0.4) is 0 Å². The Morgan fingerprint density at radius 2 is 1.76 bits per heavy atom. The van der Waals surface area contributed by atoms with Crippen LogP contribution in [0.25, 0.3) is 0 Å². The van der Waals surface area contributed by atoms with E-state index in [9.17, 15) is 18.8 Å². The van der Waals surface area contributed by atoms with E-state index >= 15 is 0 Å². The van der Waals surface area contributed by atoms with Crippen molar-refractivity contribution >= 4 is 29.4 Å². The zero-order valence-corrected chi connectivity index (χ0v) is 16.8. The van der Waals surface area contributed by atoms with Crippen LogP contribution in [0, 0.1) is 5.82 Å². The Balaban J connectivity index is 2.19. The molecule has 2 aromatic rings. The Morgan fingerprint density at radius 1 is 1.03 bits per heavy atom. The Labute approximate surface area is 173 Å². The van der Waals surface area contributed by atoms with E-state index in [2.05, 4.69) is 10.6 Å². The standard InChI is InChI=1S/C21H22ClFN2O4/c1-13(26)24-18(12-15-7-3-4-9-17(15)23)20(27)25-19(21(28)29-2)11-14-6-5-8-16(22)10-14/h3-10,18-19H,11-12H2,1-2H3,(H,24,26)(H,25,27)/t18-,19-/m1/s1. The van der Waals surface area contributed by atoms with Crippen LogP contribution in [-0.4, -0.2) is 37.0 Å². The molecule has 0 saturated carbocycles. The predicted molar refractivity (Wildman–Crippen MR) is 107 cm³/mol. The van der Waals surface area contributed by atoms with Gasteiger partial charge in [0, 0.05) is 24.8 Å². The molecule has 0 unspecified atom stereocenters. The number of methoxy groups -OCH3 is 1. The van der Waals surface area contributed by atoms with Gasteiger partial charge in [-0.25, -0.2) is 9.18 Å². The van der Waals surface area contributed by atoms with Crippen LogP contribution in [0.5, 0.6) is 0 Å². The summed E-state index contributed by atoms with van der Waals surface area (Å²) >= 11 is 5.97. The first-order valence-electron chi connectivity index (χ1n) is 8.93. The highest BCUT2D eigenvalue weighted by Crippen LogP contribution is 2.14. The third-order valence-corrected chi connectivity index (χ3v) is 4.44. The van der Waals surface area contributed by atoms with E-state index in [0.717, 1.165) is 5.56 Å². The molecule has 6 nitrogen and oxygen atoms in total. The highest BCUT2D eigenvalue weighted by atomic mass is 35.5. The molecule has 0 aliphatic carbocycles. The van der Waals surface area contributed by atoms with Crippen LogP contribution in [0.15, 0.2) is 48.5 Å². The second-order valence-electron chi connectivity index (χ2n) is 6.47. The van der Waals surface area contributed by atoms with Crippen LogP contribution < -0.4 is 10.6 Å². The lowest BCUT2D eigenvalue weighted by Crippen LogP contribution is -2.53. The van der Waals surface area contributed by atoms with Gasteiger partial charge in [0.25, 0.3) is 0 Å². The number of hydrogen-bond acceptors (Lipinski definition) is 4. The number of amides is 2. The molecule has 2 atom stereocenters. The molecule has 0 heterocycles. The van der Waals surface area contributed by atoms with Crippen molar-refractivity contribution in [3.8, 4) is 0 Å². The number of halogens is 2.